The molecule has 0 aliphatic heterocycles. The minimum atomic E-state index is -0.317. The average molecular weight is 440 g/mol. The Kier molecular flexibility index (Phi) is 6.33. The number of hydrogen-bond donors (Lipinski definition) is 0. The highest BCUT2D eigenvalue weighted by molar-refractivity contribution is 7.99. The predicted molar refractivity (Wildman–Crippen MR) is 122 cm³/mol. The molecule has 0 N–H and O–H groups in total. The molecule has 0 heterocycles. The van der Waals surface area contributed by atoms with Gasteiger partial charge in [0.2, 0.25) is 0 Å². The van der Waals surface area contributed by atoms with Crippen molar-refractivity contribution in [2.24, 2.45) is 0 Å². The van der Waals surface area contributed by atoms with Crippen LogP contribution in [-0.2, 0) is 10.9 Å². The third-order valence-electron chi connectivity index (χ3n) is 4.15. The third kappa shape index (κ3) is 4.42. The monoisotopic (exact) mass is 439 g/mol. The van der Waals surface area contributed by atoms with Crippen molar-refractivity contribution in [3.63, 3.8) is 0 Å². The van der Waals surface area contributed by atoms with Gasteiger partial charge in [0.25, 0.3) is 0 Å². The molecule has 1 unspecified atom stereocenters. The lowest BCUT2D eigenvalue weighted by molar-refractivity contribution is 1.28. The zero-order chi connectivity index (χ0) is 19.3. The van der Waals surface area contributed by atoms with E-state index in [0.717, 1.165) is 24.7 Å². The Labute approximate surface area is 182 Å². The quantitative estimate of drug-likeness (QED) is 0.282. The van der Waals surface area contributed by atoms with Crippen LogP contribution in [0.25, 0.3) is 0 Å². The molecule has 0 radical (unpaired) electrons. The highest BCUT2D eigenvalue weighted by Crippen LogP contribution is 2.39. The van der Waals surface area contributed by atoms with Crippen molar-refractivity contribution < 1.29 is 0 Å². The molecule has 0 fully saturated rings. The fourth-order valence-corrected chi connectivity index (χ4v) is 6.56. The first-order valence-electron chi connectivity index (χ1n) is 8.79. The molecule has 0 saturated heterocycles. The van der Waals surface area contributed by atoms with E-state index in [0.29, 0.717) is 0 Å². The molecule has 4 aromatic carbocycles. The SMILES string of the molecule is Clc1cc([S+](c2ccccc2)c2ccccc2Cl)ccc1Sc1ccccc1. The van der Waals surface area contributed by atoms with E-state index >= 15 is 0 Å². The molecule has 0 bridgehead atoms. The molecule has 0 saturated carbocycles. The summed E-state index contributed by atoms with van der Waals surface area (Å²) >= 11 is 14.9. The molecule has 4 heteroatoms. The van der Waals surface area contributed by atoms with E-state index in [1.54, 1.807) is 11.8 Å². The maximum atomic E-state index is 6.69. The molecular formula is C24H17Cl2S2+. The second-order valence-electron chi connectivity index (χ2n) is 6.06. The Balaban J connectivity index is 1.75. The zero-order valence-corrected chi connectivity index (χ0v) is 18.0. The lowest BCUT2D eigenvalue weighted by Gasteiger charge is -2.11. The summed E-state index contributed by atoms with van der Waals surface area (Å²) in [4.78, 5) is 5.70. The van der Waals surface area contributed by atoms with Gasteiger partial charge in [-0.1, -0.05) is 83.5 Å². The lowest BCUT2D eigenvalue weighted by atomic mass is 10.3. The van der Waals surface area contributed by atoms with Crippen LogP contribution in [-0.4, -0.2) is 0 Å². The second kappa shape index (κ2) is 9.11. The Morgan fingerprint density at radius 3 is 1.89 bits per heavy atom. The topological polar surface area (TPSA) is 0 Å². The summed E-state index contributed by atoms with van der Waals surface area (Å²) in [5.41, 5.74) is 0. The summed E-state index contributed by atoms with van der Waals surface area (Å²) in [6.07, 6.45) is 0. The summed E-state index contributed by atoms with van der Waals surface area (Å²) in [7, 11) is -0.317. The van der Waals surface area contributed by atoms with Gasteiger partial charge in [-0.15, -0.1) is 0 Å². The van der Waals surface area contributed by atoms with Gasteiger partial charge in [-0.05, 0) is 48.5 Å². The molecule has 0 aliphatic rings. The summed E-state index contributed by atoms with van der Waals surface area (Å²) < 4.78 is 0. The highest BCUT2D eigenvalue weighted by atomic mass is 35.5. The van der Waals surface area contributed by atoms with Gasteiger partial charge in [0.1, 0.15) is 10.9 Å². The second-order valence-corrected chi connectivity index (χ2v) is 9.98. The first kappa shape index (κ1) is 19.5. The molecular weight excluding hydrogens is 423 g/mol. The van der Waals surface area contributed by atoms with Gasteiger partial charge in [0.15, 0.2) is 14.7 Å². The van der Waals surface area contributed by atoms with Crippen molar-refractivity contribution in [1.82, 2.24) is 0 Å². The standard InChI is InChI=1S/C24H17Cl2S2/c25-21-13-7-8-14-24(21)28(19-11-5-2-6-12-19)20-15-16-23(22(26)17-20)27-18-9-3-1-4-10-18/h1-17H/q+1. The lowest BCUT2D eigenvalue weighted by Crippen LogP contribution is -2.05. The van der Waals surface area contributed by atoms with Gasteiger partial charge in [0.05, 0.1) is 10.0 Å². The van der Waals surface area contributed by atoms with Gasteiger partial charge in [-0.3, -0.25) is 0 Å². The molecule has 0 aliphatic carbocycles. The molecule has 0 nitrogen and oxygen atoms in total. The van der Waals surface area contributed by atoms with E-state index in [2.05, 4.69) is 60.7 Å². The summed E-state index contributed by atoms with van der Waals surface area (Å²) in [6.45, 7) is 0. The summed E-state index contributed by atoms with van der Waals surface area (Å²) in [6, 6.07) is 35.1. The summed E-state index contributed by atoms with van der Waals surface area (Å²) in [5.74, 6) is 0. The van der Waals surface area contributed by atoms with E-state index in [1.165, 1.54) is 9.79 Å². The van der Waals surface area contributed by atoms with Crippen molar-refractivity contribution in [2.45, 2.75) is 24.5 Å². The number of rotatable bonds is 5. The van der Waals surface area contributed by atoms with Crippen LogP contribution in [0.5, 0.6) is 0 Å². The van der Waals surface area contributed by atoms with Crippen molar-refractivity contribution in [3.8, 4) is 0 Å². The number of halogens is 2. The maximum Gasteiger partial charge on any atom is 0.185 e. The Hall–Kier alpha value is -1.84. The smallest absolute Gasteiger partial charge is 0.0885 e. The molecule has 0 spiro atoms. The van der Waals surface area contributed by atoms with Crippen LogP contribution in [0.1, 0.15) is 0 Å². The minimum absolute atomic E-state index is 0.317. The summed E-state index contributed by atoms with van der Waals surface area (Å²) in [5, 5.41) is 1.53. The van der Waals surface area contributed by atoms with Gasteiger partial charge >= 0.3 is 0 Å². The van der Waals surface area contributed by atoms with E-state index in [1.807, 2.05) is 42.5 Å². The molecule has 0 aromatic heterocycles. The van der Waals surface area contributed by atoms with Crippen molar-refractivity contribution >= 4 is 45.9 Å². The molecule has 1 atom stereocenters. The van der Waals surface area contributed by atoms with Crippen LogP contribution >= 0.6 is 35.0 Å². The van der Waals surface area contributed by atoms with Gasteiger partial charge in [0, 0.05) is 15.9 Å². The van der Waals surface area contributed by atoms with Crippen LogP contribution < -0.4 is 0 Å². The van der Waals surface area contributed by atoms with Crippen LogP contribution in [0.3, 0.4) is 0 Å². The number of benzene rings is 4. The Morgan fingerprint density at radius 2 is 1.21 bits per heavy atom. The maximum absolute atomic E-state index is 6.69. The highest BCUT2D eigenvalue weighted by Gasteiger charge is 2.31. The third-order valence-corrected chi connectivity index (χ3v) is 8.36. The minimum Gasteiger partial charge on any atom is -0.0885 e. The first-order chi connectivity index (χ1) is 13.7. The van der Waals surface area contributed by atoms with Crippen molar-refractivity contribution in [1.29, 1.82) is 0 Å². The van der Waals surface area contributed by atoms with Crippen LogP contribution in [0.2, 0.25) is 10.0 Å². The van der Waals surface area contributed by atoms with Gasteiger partial charge < -0.3 is 0 Å². The van der Waals surface area contributed by atoms with Crippen molar-refractivity contribution in [2.75, 3.05) is 0 Å². The van der Waals surface area contributed by atoms with E-state index in [9.17, 15) is 0 Å². The van der Waals surface area contributed by atoms with E-state index in [-0.39, 0.29) is 10.9 Å². The van der Waals surface area contributed by atoms with Crippen LogP contribution in [0.4, 0.5) is 0 Å². The molecule has 4 aromatic rings. The molecule has 138 valence electrons. The van der Waals surface area contributed by atoms with E-state index in [4.69, 9.17) is 23.2 Å². The van der Waals surface area contributed by atoms with Gasteiger partial charge in [-0.25, -0.2) is 0 Å². The van der Waals surface area contributed by atoms with E-state index < -0.39 is 0 Å². The van der Waals surface area contributed by atoms with Crippen LogP contribution in [0, 0.1) is 0 Å². The molecule has 28 heavy (non-hydrogen) atoms. The Bertz CT molecular complexity index is 1070. The first-order valence-corrected chi connectivity index (χ1v) is 11.6. The van der Waals surface area contributed by atoms with Gasteiger partial charge in [-0.2, -0.15) is 0 Å². The number of hydrogen-bond acceptors (Lipinski definition) is 1. The predicted octanol–water partition coefficient (Wildman–Crippen LogP) is 8.24. The molecule has 0 amide bonds. The fraction of sp³-hybridized carbons (Fsp3) is 0. The molecule has 4 rings (SSSR count). The normalized spacial score (nSPS) is 11.9. The Morgan fingerprint density at radius 1 is 0.571 bits per heavy atom. The zero-order valence-electron chi connectivity index (χ0n) is 14.9. The van der Waals surface area contributed by atoms with Crippen LogP contribution in [0.15, 0.2) is 128 Å². The largest absolute Gasteiger partial charge is 0.185 e. The average Bonchev–Trinajstić information content (AvgIpc) is 2.73. The fourth-order valence-electron chi connectivity index (χ4n) is 2.86. The van der Waals surface area contributed by atoms with Crippen molar-refractivity contribution in [3.05, 3.63) is 113 Å².